The summed E-state index contributed by atoms with van der Waals surface area (Å²) in [6.07, 6.45) is 0. The van der Waals surface area contributed by atoms with E-state index in [-0.39, 0.29) is 0 Å². The Morgan fingerprint density at radius 3 is 2.12 bits per heavy atom. The van der Waals surface area contributed by atoms with E-state index in [0.29, 0.717) is 5.95 Å². The lowest BCUT2D eigenvalue weighted by Gasteiger charge is -2.11. The molecule has 0 radical (unpaired) electrons. The number of hydrogen-bond donors (Lipinski definition) is 2. The smallest absolute Gasteiger partial charge is 0.227 e. The maximum atomic E-state index is 4.91. The minimum atomic E-state index is 0.585. The second kappa shape index (κ2) is 8.35. The molecule has 0 spiro atoms. The monoisotopic (exact) mass is 435 g/mol. The van der Waals surface area contributed by atoms with Crippen LogP contribution in [0.25, 0.3) is 16.7 Å². The van der Waals surface area contributed by atoms with Gasteiger partial charge in [-0.25, -0.2) is 19.6 Å². The lowest BCUT2D eigenvalue weighted by molar-refractivity contribution is 0.878. The number of nitrogens with one attached hydrogen (secondary N) is 2. The van der Waals surface area contributed by atoms with E-state index < -0.39 is 0 Å². The molecule has 7 heteroatoms. The molecule has 0 saturated carbocycles. The fraction of sp³-hybridized carbons (Fsp3) is 0.154. The van der Waals surface area contributed by atoms with Crippen LogP contribution in [0.4, 0.5) is 23.1 Å². The number of nitrogens with zero attached hydrogens (tertiary/aromatic N) is 5. The molecule has 0 fully saturated rings. The van der Waals surface area contributed by atoms with Gasteiger partial charge in [0.15, 0.2) is 5.65 Å². The number of hydrogen-bond acceptors (Lipinski definition) is 6. The molecule has 3 aromatic heterocycles. The van der Waals surface area contributed by atoms with Gasteiger partial charge >= 0.3 is 0 Å². The number of aryl methyl sites for hydroxylation is 4. The van der Waals surface area contributed by atoms with Crippen LogP contribution in [0.15, 0.2) is 66.7 Å². The molecule has 3 heterocycles. The van der Waals surface area contributed by atoms with Crippen LogP contribution in [0.2, 0.25) is 0 Å². The van der Waals surface area contributed by atoms with E-state index in [2.05, 4.69) is 33.6 Å². The van der Waals surface area contributed by atoms with Crippen molar-refractivity contribution in [2.24, 2.45) is 0 Å². The van der Waals surface area contributed by atoms with E-state index in [0.717, 1.165) is 56.6 Å². The molecule has 0 aliphatic heterocycles. The SMILES string of the molecule is Cc1cc(C)nc(Nc2cccc(Nc3cc(C)c4c(C)nn(-c5ccccc5)c4n3)c2)n1. The van der Waals surface area contributed by atoms with Crippen LogP contribution in [-0.4, -0.2) is 24.7 Å². The van der Waals surface area contributed by atoms with Gasteiger partial charge in [-0.15, -0.1) is 0 Å². The first-order chi connectivity index (χ1) is 16.0. The number of aromatic nitrogens is 5. The molecule has 0 unspecified atom stereocenters. The van der Waals surface area contributed by atoms with Crippen LogP contribution in [0, 0.1) is 27.7 Å². The molecule has 0 saturated heterocycles. The third-order valence-electron chi connectivity index (χ3n) is 5.38. The molecule has 2 N–H and O–H groups in total. The largest absolute Gasteiger partial charge is 0.340 e. The average molecular weight is 436 g/mol. The highest BCUT2D eigenvalue weighted by molar-refractivity contribution is 5.85. The minimum absolute atomic E-state index is 0.585. The minimum Gasteiger partial charge on any atom is -0.340 e. The van der Waals surface area contributed by atoms with Gasteiger partial charge < -0.3 is 10.6 Å². The van der Waals surface area contributed by atoms with Crippen molar-refractivity contribution < 1.29 is 0 Å². The number of benzene rings is 2. The zero-order valence-electron chi connectivity index (χ0n) is 19.1. The Balaban J connectivity index is 1.48. The number of fused-ring (bicyclic) bond motifs is 1. The predicted octanol–water partition coefficient (Wildman–Crippen LogP) is 5.93. The first-order valence-electron chi connectivity index (χ1n) is 10.8. The molecule has 5 aromatic rings. The second-order valence-corrected chi connectivity index (χ2v) is 8.16. The van der Waals surface area contributed by atoms with Gasteiger partial charge in [-0.05, 0) is 75.7 Å². The van der Waals surface area contributed by atoms with E-state index in [1.165, 1.54) is 0 Å². The quantitative estimate of drug-likeness (QED) is 0.356. The van der Waals surface area contributed by atoms with Crippen LogP contribution in [0.1, 0.15) is 22.6 Å². The molecule has 33 heavy (non-hydrogen) atoms. The van der Waals surface area contributed by atoms with Crippen molar-refractivity contribution >= 4 is 34.2 Å². The molecule has 0 amide bonds. The Hall–Kier alpha value is -4.26. The summed E-state index contributed by atoms with van der Waals surface area (Å²) in [5, 5.41) is 12.6. The van der Waals surface area contributed by atoms with Crippen molar-refractivity contribution in [1.82, 2.24) is 24.7 Å². The van der Waals surface area contributed by atoms with Gasteiger partial charge in [0.25, 0.3) is 0 Å². The Morgan fingerprint density at radius 1 is 0.697 bits per heavy atom. The Morgan fingerprint density at radius 2 is 1.39 bits per heavy atom. The molecule has 0 aliphatic carbocycles. The van der Waals surface area contributed by atoms with Crippen molar-refractivity contribution in [2.45, 2.75) is 27.7 Å². The fourth-order valence-electron chi connectivity index (χ4n) is 4.05. The average Bonchev–Trinajstić information content (AvgIpc) is 3.10. The summed E-state index contributed by atoms with van der Waals surface area (Å²) in [6, 6.07) is 22.1. The summed E-state index contributed by atoms with van der Waals surface area (Å²) in [5.41, 5.74) is 7.57. The van der Waals surface area contributed by atoms with Crippen molar-refractivity contribution in [3.63, 3.8) is 0 Å². The van der Waals surface area contributed by atoms with E-state index in [9.17, 15) is 0 Å². The molecule has 164 valence electrons. The van der Waals surface area contributed by atoms with Gasteiger partial charge in [-0.3, -0.25) is 0 Å². The fourth-order valence-corrected chi connectivity index (χ4v) is 4.05. The molecule has 2 aromatic carbocycles. The normalized spacial score (nSPS) is 11.0. The highest BCUT2D eigenvalue weighted by Crippen LogP contribution is 2.28. The van der Waals surface area contributed by atoms with Crippen molar-refractivity contribution in [2.75, 3.05) is 10.6 Å². The zero-order valence-corrected chi connectivity index (χ0v) is 19.1. The molecular formula is C26H25N7. The van der Waals surface area contributed by atoms with E-state index in [4.69, 9.17) is 10.1 Å². The molecule has 0 aliphatic rings. The molecular weight excluding hydrogens is 410 g/mol. The van der Waals surface area contributed by atoms with Crippen LogP contribution < -0.4 is 10.6 Å². The van der Waals surface area contributed by atoms with E-state index in [1.54, 1.807) is 0 Å². The van der Waals surface area contributed by atoms with Gasteiger partial charge in [0.2, 0.25) is 5.95 Å². The van der Waals surface area contributed by atoms with Gasteiger partial charge in [0, 0.05) is 28.1 Å². The molecule has 7 nitrogen and oxygen atoms in total. The van der Waals surface area contributed by atoms with Gasteiger partial charge in [-0.2, -0.15) is 5.10 Å². The summed E-state index contributed by atoms with van der Waals surface area (Å²) in [4.78, 5) is 13.8. The number of pyridine rings is 1. The summed E-state index contributed by atoms with van der Waals surface area (Å²) < 4.78 is 1.90. The molecule has 0 bridgehead atoms. The maximum absolute atomic E-state index is 4.91. The van der Waals surface area contributed by atoms with Crippen molar-refractivity contribution in [1.29, 1.82) is 0 Å². The standard InChI is InChI=1S/C26H25N7/c1-16-13-23(31-25-24(16)19(4)32-33(25)22-11-6-5-7-12-22)29-20-9-8-10-21(15-20)30-26-27-17(2)14-18(3)28-26/h5-15H,1-4H3,(H,29,31)(H,27,28,30). The molecule has 0 atom stereocenters. The Bertz CT molecular complexity index is 1430. The predicted molar refractivity (Wildman–Crippen MR) is 133 cm³/mol. The highest BCUT2D eigenvalue weighted by atomic mass is 15.3. The van der Waals surface area contributed by atoms with Crippen LogP contribution in [0.5, 0.6) is 0 Å². The topological polar surface area (TPSA) is 80.5 Å². The Labute approximate surface area is 192 Å². The first-order valence-corrected chi connectivity index (χ1v) is 10.8. The third kappa shape index (κ3) is 4.25. The molecule has 5 rings (SSSR count). The van der Waals surface area contributed by atoms with E-state index in [1.807, 2.05) is 86.1 Å². The zero-order chi connectivity index (χ0) is 22.9. The van der Waals surface area contributed by atoms with Crippen molar-refractivity contribution in [3.05, 3.63) is 89.4 Å². The third-order valence-corrected chi connectivity index (χ3v) is 5.38. The van der Waals surface area contributed by atoms with Gasteiger partial charge in [0.05, 0.1) is 11.4 Å². The lowest BCUT2D eigenvalue weighted by Crippen LogP contribution is -2.02. The number of para-hydroxylation sites is 1. The Kier molecular flexibility index (Phi) is 5.22. The highest BCUT2D eigenvalue weighted by Gasteiger charge is 2.14. The first kappa shape index (κ1) is 20.6. The van der Waals surface area contributed by atoms with Gasteiger partial charge in [-0.1, -0.05) is 24.3 Å². The van der Waals surface area contributed by atoms with Crippen LogP contribution in [-0.2, 0) is 0 Å². The van der Waals surface area contributed by atoms with Crippen LogP contribution >= 0.6 is 0 Å². The summed E-state index contributed by atoms with van der Waals surface area (Å²) in [5.74, 6) is 1.35. The van der Waals surface area contributed by atoms with Gasteiger partial charge in [0.1, 0.15) is 5.82 Å². The van der Waals surface area contributed by atoms with Crippen LogP contribution in [0.3, 0.4) is 0 Å². The number of anilines is 4. The number of rotatable bonds is 5. The van der Waals surface area contributed by atoms with Crippen molar-refractivity contribution in [3.8, 4) is 5.69 Å². The summed E-state index contributed by atoms with van der Waals surface area (Å²) in [7, 11) is 0. The van der Waals surface area contributed by atoms with E-state index >= 15 is 0 Å². The lowest BCUT2D eigenvalue weighted by atomic mass is 10.1. The summed E-state index contributed by atoms with van der Waals surface area (Å²) >= 11 is 0. The second-order valence-electron chi connectivity index (χ2n) is 8.16. The summed E-state index contributed by atoms with van der Waals surface area (Å²) in [6.45, 7) is 8.04. The maximum Gasteiger partial charge on any atom is 0.227 e.